The smallest absolute Gasteiger partial charge is 0.185 e. The Morgan fingerprint density at radius 2 is 2.44 bits per heavy atom. The first-order valence-electron chi connectivity index (χ1n) is 2.46. The van der Waals surface area contributed by atoms with E-state index in [0.717, 1.165) is 10.2 Å². The minimum absolute atomic E-state index is 0.404. The molecule has 1 rings (SSSR count). The summed E-state index contributed by atoms with van der Waals surface area (Å²) < 4.78 is 5.82. The van der Waals surface area contributed by atoms with Gasteiger partial charge in [0, 0.05) is 0 Å². The number of carbonyl (C=O) groups excluding carboxylic acids is 1. The molecule has 1 aromatic rings. The van der Waals surface area contributed by atoms with Crippen molar-refractivity contribution in [2.45, 2.75) is 4.43 Å². The molecule has 0 aliphatic rings. The molecule has 0 saturated carbocycles. The fourth-order valence-corrected chi connectivity index (χ4v) is 0.940. The van der Waals surface area contributed by atoms with Crippen molar-refractivity contribution >= 4 is 28.9 Å². The van der Waals surface area contributed by atoms with E-state index in [1.54, 1.807) is 12.1 Å². The number of halogens is 1. The van der Waals surface area contributed by atoms with E-state index in [-0.39, 0.29) is 0 Å². The summed E-state index contributed by atoms with van der Waals surface area (Å²) in [7, 11) is 0. The van der Waals surface area contributed by atoms with Gasteiger partial charge in [-0.05, 0) is 12.1 Å². The van der Waals surface area contributed by atoms with Crippen molar-refractivity contribution in [1.29, 1.82) is 0 Å². The molecule has 3 heteroatoms. The third-order valence-corrected chi connectivity index (χ3v) is 1.68. The standard InChI is InChI=1S/C6H5IO2/c7-3-5-1-2-6(4-8)9-5/h1-2,4H,3H2. The maximum Gasteiger partial charge on any atom is 0.185 e. The Kier molecular flexibility index (Phi) is 2.27. The van der Waals surface area contributed by atoms with Gasteiger partial charge in [0.25, 0.3) is 0 Å². The lowest BCUT2D eigenvalue weighted by Gasteiger charge is -1.81. The lowest BCUT2D eigenvalue weighted by molar-refractivity contribution is 0.109. The van der Waals surface area contributed by atoms with Crippen molar-refractivity contribution in [3.05, 3.63) is 23.7 Å². The first kappa shape index (κ1) is 6.80. The molecule has 0 radical (unpaired) electrons. The van der Waals surface area contributed by atoms with Crippen LogP contribution in [0.4, 0.5) is 0 Å². The average molecular weight is 236 g/mol. The van der Waals surface area contributed by atoms with Gasteiger partial charge in [-0.1, -0.05) is 22.6 Å². The van der Waals surface area contributed by atoms with Gasteiger partial charge >= 0.3 is 0 Å². The zero-order chi connectivity index (χ0) is 6.69. The Morgan fingerprint density at radius 1 is 1.67 bits per heavy atom. The minimum atomic E-state index is 0.404. The molecular weight excluding hydrogens is 231 g/mol. The monoisotopic (exact) mass is 236 g/mol. The predicted molar refractivity (Wildman–Crippen MR) is 41.8 cm³/mol. The molecule has 0 spiro atoms. The summed E-state index contributed by atoms with van der Waals surface area (Å²) in [5.41, 5.74) is 0. The molecule has 9 heavy (non-hydrogen) atoms. The second-order valence-corrected chi connectivity index (χ2v) is 2.32. The number of carbonyl (C=O) groups is 1. The molecule has 48 valence electrons. The SMILES string of the molecule is O=Cc1ccc(CI)o1. The molecule has 0 aromatic carbocycles. The Bertz CT molecular complexity index is 205. The summed E-state index contributed by atoms with van der Waals surface area (Å²) in [6, 6.07) is 3.47. The summed E-state index contributed by atoms with van der Waals surface area (Å²) in [5, 5.41) is 0. The minimum Gasteiger partial charge on any atom is -0.457 e. The molecule has 0 aliphatic carbocycles. The van der Waals surface area contributed by atoms with Crippen LogP contribution in [0.5, 0.6) is 0 Å². The number of aldehydes is 1. The summed E-state index contributed by atoms with van der Waals surface area (Å²) >= 11 is 2.17. The van der Waals surface area contributed by atoms with Crippen LogP contribution in [0.25, 0.3) is 0 Å². The number of hydrogen-bond donors (Lipinski definition) is 0. The Labute approximate surface area is 66.4 Å². The summed E-state index contributed by atoms with van der Waals surface area (Å²) in [6.07, 6.45) is 0.704. The normalized spacial score (nSPS) is 9.44. The van der Waals surface area contributed by atoms with Crippen LogP contribution in [-0.4, -0.2) is 6.29 Å². The van der Waals surface area contributed by atoms with E-state index in [1.807, 2.05) is 0 Å². The van der Waals surface area contributed by atoms with Crippen LogP contribution in [0.3, 0.4) is 0 Å². The number of furan rings is 1. The van der Waals surface area contributed by atoms with Gasteiger partial charge in [0.1, 0.15) is 5.76 Å². The van der Waals surface area contributed by atoms with Crippen molar-refractivity contribution in [1.82, 2.24) is 0 Å². The molecule has 0 N–H and O–H groups in total. The van der Waals surface area contributed by atoms with Gasteiger partial charge in [0.2, 0.25) is 0 Å². The topological polar surface area (TPSA) is 30.2 Å². The second kappa shape index (κ2) is 3.00. The van der Waals surface area contributed by atoms with E-state index in [9.17, 15) is 4.79 Å². The molecule has 1 aromatic heterocycles. The van der Waals surface area contributed by atoms with E-state index < -0.39 is 0 Å². The quantitative estimate of drug-likeness (QED) is 0.446. The van der Waals surface area contributed by atoms with E-state index >= 15 is 0 Å². The highest BCUT2D eigenvalue weighted by atomic mass is 127. The molecule has 2 nitrogen and oxygen atoms in total. The number of alkyl halides is 1. The highest BCUT2D eigenvalue weighted by Crippen LogP contribution is 2.08. The van der Waals surface area contributed by atoms with Crippen LogP contribution in [0, 0.1) is 0 Å². The summed E-state index contributed by atoms with van der Waals surface area (Å²) in [4.78, 5) is 10.0. The van der Waals surface area contributed by atoms with Crippen molar-refractivity contribution in [2.24, 2.45) is 0 Å². The van der Waals surface area contributed by atoms with Gasteiger partial charge in [-0.15, -0.1) is 0 Å². The largest absolute Gasteiger partial charge is 0.457 e. The third kappa shape index (κ3) is 1.54. The van der Waals surface area contributed by atoms with E-state index in [4.69, 9.17) is 4.42 Å². The van der Waals surface area contributed by atoms with Crippen molar-refractivity contribution in [3.63, 3.8) is 0 Å². The Hall–Kier alpha value is -0.320. The molecule has 0 fully saturated rings. The van der Waals surface area contributed by atoms with Gasteiger partial charge in [0.15, 0.2) is 12.0 Å². The maximum absolute atomic E-state index is 10.0. The fraction of sp³-hybridized carbons (Fsp3) is 0.167. The van der Waals surface area contributed by atoms with Crippen LogP contribution in [0.2, 0.25) is 0 Å². The van der Waals surface area contributed by atoms with Crippen molar-refractivity contribution in [3.8, 4) is 0 Å². The molecule has 0 atom stereocenters. The van der Waals surface area contributed by atoms with Crippen LogP contribution in [0.1, 0.15) is 16.3 Å². The van der Waals surface area contributed by atoms with Crippen LogP contribution < -0.4 is 0 Å². The second-order valence-electron chi connectivity index (χ2n) is 1.56. The maximum atomic E-state index is 10.0. The molecule has 0 bridgehead atoms. The molecule has 0 saturated heterocycles. The zero-order valence-corrected chi connectivity index (χ0v) is 6.79. The van der Waals surface area contributed by atoms with Gasteiger partial charge in [-0.2, -0.15) is 0 Å². The average Bonchev–Trinajstić information content (AvgIpc) is 2.34. The Balaban J connectivity index is 2.86. The molecule has 0 aliphatic heterocycles. The predicted octanol–water partition coefficient (Wildman–Crippen LogP) is 2.03. The zero-order valence-electron chi connectivity index (χ0n) is 4.63. The number of rotatable bonds is 2. The summed E-state index contributed by atoms with van der Waals surface area (Å²) in [5.74, 6) is 1.25. The van der Waals surface area contributed by atoms with Crippen molar-refractivity contribution in [2.75, 3.05) is 0 Å². The van der Waals surface area contributed by atoms with Crippen molar-refractivity contribution < 1.29 is 9.21 Å². The van der Waals surface area contributed by atoms with E-state index in [1.165, 1.54) is 0 Å². The Morgan fingerprint density at radius 3 is 2.78 bits per heavy atom. The molecule has 1 heterocycles. The van der Waals surface area contributed by atoms with Gasteiger partial charge in [-0.3, -0.25) is 4.79 Å². The molecular formula is C6H5IO2. The van der Waals surface area contributed by atoms with Crippen LogP contribution in [-0.2, 0) is 4.43 Å². The summed E-state index contributed by atoms with van der Waals surface area (Å²) in [6.45, 7) is 0. The first-order chi connectivity index (χ1) is 4.36. The first-order valence-corrected chi connectivity index (χ1v) is 3.99. The molecule has 0 amide bonds. The third-order valence-electron chi connectivity index (χ3n) is 0.930. The van der Waals surface area contributed by atoms with Gasteiger partial charge in [-0.25, -0.2) is 0 Å². The van der Waals surface area contributed by atoms with Crippen LogP contribution in [0.15, 0.2) is 16.5 Å². The highest BCUT2D eigenvalue weighted by Gasteiger charge is 1.96. The van der Waals surface area contributed by atoms with Gasteiger partial charge < -0.3 is 4.42 Å². The van der Waals surface area contributed by atoms with Crippen LogP contribution >= 0.6 is 22.6 Å². The lowest BCUT2D eigenvalue weighted by atomic mass is 10.5. The fourth-order valence-electron chi connectivity index (χ4n) is 0.530. The number of hydrogen-bond acceptors (Lipinski definition) is 2. The lowest BCUT2D eigenvalue weighted by Crippen LogP contribution is -1.69. The highest BCUT2D eigenvalue weighted by molar-refractivity contribution is 14.1. The van der Waals surface area contributed by atoms with E-state index in [2.05, 4.69) is 22.6 Å². The van der Waals surface area contributed by atoms with Gasteiger partial charge in [0.05, 0.1) is 4.43 Å². The molecule has 0 unspecified atom stereocenters. The van der Waals surface area contributed by atoms with E-state index in [0.29, 0.717) is 12.0 Å².